The summed E-state index contributed by atoms with van der Waals surface area (Å²) in [6.07, 6.45) is 6.20. The summed E-state index contributed by atoms with van der Waals surface area (Å²) in [4.78, 5) is 0. The molecule has 0 bridgehead atoms. The lowest BCUT2D eigenvalue weighted by Crippen LogP contribution is -2.28. The van der Waals surface area contributed by atoms with Crippen molar-refractivity contribution in [1.29, 1.82) is 0 Å². The topological polar surface area (TPSA) is 24.1 Å². The maximum absolute atomic E-state index is 3.41. The number of hydrogen-bond donors (Lipinski definition) is 2. The van der Waals surface area contributed by atoms with Crippen molar-refractivity contribution in [3.63, 3.8) is 0 Å². The number of rotatable bonds is 1. The molecule has 0 saturated carbocycles. The third-order valence-corrected chi connectivity index (χ3v) is 3.09. The van der Waals surface area contributed by atoms with E-state index >= 15 is 0 Å². The average Bonchev–Trinajstić information content (AvgIpc) is 2.54. The zero-order chi connectivity index (χ0) is 8.39. The second-order valence-electron chi connectivity index (χ2n) is 2.94. The van der Waals surface area contributed by atoms with Crippen LogP contribution in [0.15, 0.2) is 35.0 Å². The first kappa shape index (κ1) is 7.80. The van der Waals surface area contributed by atoms with E-state index in [1.165, 1.54) is 11.3 Å². The summed E-state index contributed by atoms with van der Waals surface area (Å²) >= 11 is 1.84. The fourth-order valence-electron chi connectivity index (χ4n) is 1.28. The van der Waals surface area contributed by atoms with E-state index in [1.807, 2.05) is 18.0 Å². The number of nitrogens with one attached hydrogen (secondary N) is 2. The highest BCUT2D eigenvalue weighted by atomic mass is 32.2. The van der Waals surface area contributed by atoms with E-state index in [2.05, 4.69) is 35.1 Å². The molecular formula is C9H12N2S. The molecule has 64 valence electrons. The van der Waals surface area contributed by atoms with Crippen LogP contribution in [-0.4, -0.2) is 11.9 Å². The van der Waals surface area contributed by atoms with Crippen molar-refractivity contribution in [2.75, 3.05) is 6.54 Å². The van der Waals surface area contributed by atoms with E-state index < -0.39 is 0 Å². The van der Waals surface area contributed by atoms with Crippen LogP contribution in [0.2, 0.25) is 0 Å². The largest absolute Gasteiger partial charge is 0.387 e. The van der Waals surface area contributed by atoms with Crippen molar-refractivity contribution in [2.24, 2.45) is 0 Å². The Hall–Kier alpha value is -0.830. The molecule has 2 nitrogen and oxygen atoms in total. The lowest BCUT2D eigenvalue weighted by Gasteiger charge is -2.17. The highest BCUT2D eigenvalue weighted by Gasteiger charge is 2.18. The molecular weight excluding hydrogens is 168 g/mol. The Labute approximate surface area is 76.8 Å². The van der Waals surface area contributed by atoms with Crippen LogP contribution < -0.4 is 10.6 Å². The molecule has 0 radical (unpaired) electrons. The highest BCUT2D eigenvalue weighted by molar-refractivity contribution is 8.03. The molecule has 0 amide bonds. The van der Waals surface area contributed by atoms with Crippen molar-refractivity contribution in [3.8, 4) is 0 Å². The number of allylic oxidation sites excluding steroid dienone is 3. The summed E-state index contributed by atoms with van der Waals surface area (Å²) in [6, 6.07) is 0. The van der Waals surface area contributed by atoms with Crippen LogP contribution in [0.3, 0.4) is 0 Å². The van der Waals surface area contributed by atoms with Gasteiger partial charge >= 0.3 is 0 Å². The molecule has 1 unspecified atom stereocenters. The molecule has 0 aliphatic carbocycles. The van der Waals surface area contributed by atoms with Gasteiger partial charge in [0.25, 0.3) is 0 Å². The fourth-order valence-corrected chi connectivity index (χ4v) is 2.28. The van der Waals surface area contributed by atoms with Crippen LogP contribution in [-0.2, 0) is 0 Å². The predicted molar refractivity (Wildman–Crippen MR) is 53.5 cm³/mol. The van der Waals surface area contributed by atoms with Gasteiger partial charge in [-0.05, 0) is 30.2 Å². The van der Waals surface area contributed by atoms with Crippen molar-refractivity contribution >= 4 is 11.8 Å². The van der Waals surface area contributed by atoms with Crippen LogP contribution in [0.4, 0.5) is 0 Å². The smallest absolute Gasteiger partial charge is 0.0998 e. The Balaban J connectivity index is 2.02. The van der Waals surface area contributed by atoms with Gasteiger partial charge in [0.15, 0.2) is 0 Å². The minimum atomic E-state index is 0.447. The molecule has 2 aliphatic rings. The molecule has 0 saturated heterocycles. The summed E-state index contributed by atoms with van der Waals surface area (Å²) in [5.41, 5.74) is 2.68. The fraction of sp³-hybridized carbons (Fsp3) is 0.333. The third kappa shape index (κ3) is 1.50. The summed E-state index contributed by atoms with van der Waals surface area (Å²) in [6.45, 7) is 3.06. The minimum absolute atomic E-state index is 0.447. The first-order chi connectivity index (χ1) is 5.86. The SMILES string of the molecule is CC1=CSC(C2=CC=CNC2)N1. The van der Waals surface area contributed by atoms with Gasteiger partial charge in [0, 0.05) is 12.2 Å². The second-order valence-corrected chi connectivity index (χ2v) is 3.92. The Bertz CT molecular complexity index is 266. The normalized spacial score (nSPS) is 27.2. The van der Waals surface area contributed by atoms with Gasteiger partial charge in [-0.15, -0.1) is 11.8 Å². The second kappa shape index (κ2) is 3.27. The van der Waals surface area contributed by atoms with E-state index in [0.29, 0.717) is 5.37 Å². The molecule has 0 spiro atoms. The molecule has 0 aromatic heterocycles. The first-order valence-corrected chi connectivity index (χ1v) is 4.98. The van der Waals surface area contributed by atoms with Crippen LogP contribution in [0.5, 0.6) is 0 Å². The van der Waals surface area contributed by atoms with E-state index in [4.69, 9.17) is 0 Å². The average molecular weight is 180 g/mol. The van der Waals surface area contributed by atoms with E-state index in [-0.39, 0.29) is 0 Å². The minimum Gasteiger partial charge on any atom is -0.387 e. The molecule has 0 aromatic rings. The highest BCUT2D eigenvalue weighted by Crippen LogP contribution is 2.26. The zero-order valence-electron chi connectivity index (χ0n) is 7.00. The third-order valence-electron chi connectivity index (χ3n) is 1.91. The Morgan fingerprint density at radius 2 is 2.50 bits per heavy atom. The number of dihydropyridines is 1. The maximum Gasteiger partial charge on any atom is 0.0998 e. The standard InChI is InChI=1S/C9H12N2S/c1-7-6-12-9(11-7)8-3-2-4-10-5-8/h2-4,6,9-11H,5H2,1H3. The van der Waals surface area contributed by atoms with Gasteiger partial charge in [-0.1, -0.05) is 6.08 Å². The Morgan fingerprint density at radius 1 is 1.58 bits per heavy atom. The van der Waals surface area contributed by atoms with Gasteiger partial charge in [-0.25, -0.2) is 0 Å². The van der Waals surface area contributed by atoms with Gasteiger partial charge in [0.1, 0.15) is 0 Å². The summed E-state index contributed by atoms with van der Waals surface area (Å²) in [5, 5.41) is 9.22. The van der Waals surface area contributed by atoms with Gasteiger partial charge < -0.3 is 10.6 Å². The Morgan fingerprint density at radius 3 is 3.08 bits per heavy atom. The van der Waals surface area contributed by atoms with Gasteiger partial charge in [0.05, 0.1) is 5.37 Å². The van der Waals surface area contributed by atoms with Crippen LogP contribution in [0.25, 0.3) is 0 Å². The number of thioether (sulfide) groups is 1. The molecule has 2 aliphatic heterocycles. The number of hydrogen-bond acceptors (Lipinski definition) is 3. The van der Waals surface area contributed by atoms with Crippen LogP contribution >= 0.6 is 11.8 Å². The van der Waals surface area contributed by atoms with Gasteiger partial charge in [-0.2, -0.15) is 0 Å². The van der Waals surface area contributed by atoms with Crippen molar-refractivity contribution in [2.45, 2.75) is 12.3 Å². The molecule has 2 N–H and O–H groups in total. The van der Waals surface area contributed by atoms with Crippen molar-refractivity contribution < 1.29 is 0 Å². The predicted octanol–water partition coefficient (Wildman–Crippen LogP) is 1.55. The lowest BCUT2D eigenvalue weighted by atomic mass is 10.2. The Kier molecular flexibility index (Phi) is 2.13. The summed E-state index contributed by atoms with van der Waals surface area (Å²) < 4.78 is 0. The molecule has 12 heavy (non-hydrogen) atoms. The molecule has 0 fully saturated rings. The lowest BCUT2D eigenvalue weighted by molar-refractivity contribution is 0.782. The summed E-state index contributed by atoms with van der Waals surface area (Å²) in [5.74, 6) is 0. The van der Waals surface area contributed by atoms with Crippen LogP contribution in [0.1, 0.15) is 6.92 Å². The van der Waals surface area contributed by atoms with E-state index in [0.717, 1.165) is 6.54 Å². The molecule has 2 rings (SSSR count). The molecule has 3 heteroatoms. The molecule has 2 heterocycles. The first-order valence-electron chi connectivity index (χ1n) is 4.04. The quantitative estimate of drug-likeness (QED) is 0.640. The van der Waals surface area contributed by atoms with Gasteiger partial charge in [-0.3, -0.25) is 0 Å². The van der Waals surface area contributed by atoms with Crippen molar-refractivity contribution in [3.05, 3.63) is 35.0 Å². The summed E-state index contributed by atoms with van der Waals surface area (Å²) in [7, 11) is 0. The molecule has 0 aromatic carbocycles. The van der Waals surface area contributed by atoms with Crippen LogP contribution in [0, 0.1) is 0 Å². The monoisotopic (exact) mass is 180 g/mol. The molecule has 1 atom stereocenters. The van der Waals surface area contributed by atoms with Gasteiger partial charge in [0.2, 0.25) is 0 Å². The van der Waals surface area contributed by atoms with Crippen molar-refractivity contribution in [1.82, 2.24) is 10.6 Å². The zero-order valence-corrected chi connectivity index (χ0v) is 7.82. The van der Waals surface area contributed by atoms with E-state index in [1.54, 1.807) is 0 Å². The van der Waals surface area contributed by atoms with E-state index in [9.17, 15) is 0 Å². The maximum atomic E-state index is 3.41.